The summed E-state index contributed by atoms with van der Waals surface area (Å²) >= 11 is 0. The molecule has 1 heterocycles. The molecule has 1 aliphatic rings. The molecule has 0 aromatic heterocycles. The van der Waals surface area contributed by atoms with Gasteiger partial charge in [0.2, 0.25) is 5.91 Å². The van der Waals surface area contributed by atoms with Crippen molar-refractivity contribution in [3.63, 3.8) is 0 Å². The van der Waals surface area contributed by atoms with E-state index in [9.17, 15) is 9.18 Å². The van der Waals surface area contributed by atoms with Crippen LogP contribution in [0, 0.1) is 12.7 Å². The van der Waals surface area contributed by atoms with E-state index in [0.717, 1.165) is 30.5 Å². The first-order valence-electron chi connectivity index (χ1n) is 6.34. The molecule has 0 unspecified atom stereocenters. The van der Waals surface area contributed by atoms with E-state index in [2.05, 4.69) is 0 Å². The maximum atomic E-state index is 13.2. The molecule has 1 aliphatic heterocycles. The molecule has 1 atom stereocenters. The third-order valence-corrected chi connectivity index (χ3v) is 3.46. The van der Waals surface area contributed by atoms with Crippen LogP contribution in [0.1, 0.15) is 24.0 Å². The highest BCUT2D eigenvalue weighted by Crippen LogP contribution is 2.14. The van der Waals surface area contributed by atoms with Crippen molar-refractivity contribution in [2.45, 2.75) is 32.2 Å². The predicted molar refractivity (Wildman–Crippen MR) is 75.9 cm³/mol. The first-order chi connectivity index (χ1) is 8.56. The first-order valence-corrected chi connectivity index (χ1v) is 6.34. The Morgan fingerprint density at radius 1 is 1.53 bits per heavy atom. The van der Waals surface area contributed by atoms with Crippen LogP contribution in [0.3, 0.4) is 0 Å². The summed E-state index contributed by atoms with van der Waals surface area (Å²) in [7, 11) is 0. The molecule has 0 saturated carbocycles. The number of rotatable bonds is 2. The molecule has 0 aliphatic carbocycles. The van der Waals surface area contributed by atoms with Crippen LogP contribution in [-0.4, -0.2) is 29.9 Å². The zero-order chi connectivity index (χ0) is 13.1. The average molecular weight is 287 g/mol. The highest BCUT2D eigenvalue weighted by atomic mass is 35.5. The SMILES string of the molecule is Cc1ccc(F)cc1CC(=O)N1CCC[C@H](N)C1.Cl. The highest BCUT2D eigenvalue weighted by molar-refractivity contribution is 5.85. The highest BCUT2D eigenvalue weighted by Gasteiger charge is 2.21. The van der Waals surface area contributed by atoms with Crippen molar-refractivity contribution in [1.82, 2.24) is 4.90 Å². The number of hydrogen-bond donors (Lipinski definition) is 1. The summed E-state index contributed by atoms with van der Waals surface area (Å²) in [6.07, 6.45) is 2.19. The molecule has 106 valence electrons. The molecule has 0 spiro atoms. The number of carbonyl (C=O) groups excluding carboxylic acids is 1. The fourth-order valence-corrected chi connectivity index (χ4v) is 2.34. The minimum absolute atomic E-state index is 0. The van der Waals surface area contributed by atoms with Gasteiger partial charge in [-0.05, 0) is 43.0 Å². The zero-order valence-electron chi connectivity index (χ0n) is 11.1. The van der Waals surface area contributed by atoms with Gasteiger partial charge in [-0.1, -0.05) is 6.07 Å². The van der Waals surface area contributed by atoms with Crippen molar-refractivity contribution in [3.8, 4) is 0 Å². The Morgan fingerprint density at radius 2 is 2.26 bits per heavy atom. The first kappa shape index (κ1) is 15.9. The molecule has 5 heteroatoms. The average Bonchev–Trinajstić information content (AvgIpc) is 2.34. The van der Waals surface area contributed by atoms with Crippen molar-refractivity contribution in [3.05, 3.63) is 35.1 Å². The van der Waals surface area contributed by atoms with Crippen LogP contribution in [-0.2, 0) is 11.2 Å². The summed E-state index contributed by atoms with van der Waals surface area (Å²) < 4.78 is 13.2. The van der Waals surface area contributed by atoms with Crippen LogP contribution in [0.4, 0.5) is 4.39 Å². The lowest BCUT2D eigenvalue weighted by Gasteiger charge is -2.31. The number of amides is 1. The Morgan fingerprint density at radius 3 is 2.95 bits per heavy atom. The molecule has 0 radical (unpaired) electrons. The fraction of sp³-hybridized carbons (Fsp3) is 0.500. The van der Waals surface area contributed by atoms with E-state index in [1.807, 2.05) is 6.92 Å². The number of aryl methyl sites for hydroxylation is 1. The second-order valence-electron chi connectivity index (χ2n) is 4.99. The quantitative estimate of drug-likeness (QED) is 0.904. The number of benzene rings is 1. The standard InChI is InChI=1S/C14H19FN2O.ClH/c1-10-4-5-12(15)7-11(10)8-14(18)17-6-2-3-13(16)9-17;/h4-5,7,13H,2-3,6,8-9,16H2,1H3;1H/t13-;/m0./s1. The van der Waals surface area contributed by atoms with Crippen LogP contribution in [0.15, 0.2) is 18.2 Å². The second kappa shape index (κ2) is 6.87. The van der Waals surface area contributed by atoms with Crippen LogP contribution < -0.4 is 5.73 Å². The van der Waals surface area contributed by atoms with Crippen molar-refractivity contribution in [2.24, 2.45) is 5.73 Å². The molecule has 3 nitrogen and oxygen atoms in total. The molecule has 1 fully saturated rings. The predicted octanol–water partition coefficient (Wildman–Crippen LogP) is 2.05. The van der Waals surface area contributed by atoms with Gasteiger partial charge in [0.05, 0.1) is 6.42 Å². The lowest BCUT2D eigenvalue weighted by Crippen LogP contribution is -2.46. The number of halogens is 2. The number of likely N-dealkylation sites (tertiary alicyclic amines) is 1. The van der Waals surface area contributed by atoms with Crippen molar-refractivity contribution in [2.75, 3.05) is 13.1 Å². The Labute approximate surface area is 119 Å². The monoisotopic (exact) mass is 286 g/mol. The second-order valence-corrected chi connectivity index (χ2v) is 4.99. The molecular formula is C14H20ClFN2O. The summed E-state index contributed by atoms with van der Waals surface area (Å²) in [4.78, 5) is 13.9. The number of nitrogens with zero attached hydrogens (tertiary/aromatic N) is 1. The van der Waals surface area contributed by atoms with Gasteiger partial charge in [-0.15, -0.1) is 12.4 Å². The van der Waals surface area contributed by atoms with E-state index in [-0.39, 0.29) is 36.6 Å². The van der Waals surface area contributed by atoms with Gasteiger partial charge in [-0.3, -0.25) is 4.79 Å². The van der Waals surface area contributed by atoms with Crippen LogP contribution in [0.2, 0.25) is 0 Å². The number of hydrogen-bond acceptors (Lipinski definition) is 2. The Hall–Kier alpha value is -1.13. The van der Waals surface area contributed by atoms with Gasteiger partial charge in [0.1, 0.15) is 5.82 Å². The van der Waals surface area contributed by atoms with E-state index in [4.69, 9.17) is 5.73 Å². The lowest BCUT2D eigenvalue weighted by atomic mass is 10.0. The van der Waals surface area contributed by atoms with Gasteiger partial charge in [0.15, 0.2) is 0 Å². The summed E-state index contributed by atoms with van der Waals surface area (Å²) in [6.45, 7) is 3.28. The zero-order valence-corrected chi connectivity index (χ0v) is 11.9. The molecule has 1 saturated heterocycles. The molecule has 1 amide bonds. The van der Waals surface area contributed by atoms with E-state index in [1.165, 1.54) is 12.1 Å². The minimum Gasteiger partial charge on any atom is -0.341 e. The third kappa shape index (κ3) is 4.18. The van der Waals surface area contributed by atoms with E-state index >= 15 is 0 Å². The Kier molecular flexibility index (Phi) is 5.76. The topological polar surface area (TPSA) is 46.3 Å². The maximum absolute atomic E-state index is 13.2. The summed E-state index contributed by atoms with van der Waals surface area (Å²) in [5.74, 6) is -0.252. The largest absolute Gasteiger partial charge is 0.341 e. The normalized spacial score (nSPS) is 18.9. The minimum atomic E-state index is -0.293. The van der Waals surface area contributed by atoms with Gasteiger partial charge in [-0.25, -0.2) is 4.39 Å². The van der Waals surface area contributed by atoms with Crippen LogP contribution >= 0.6 is 12.4 Å². The van der Waals surface area contributed by atoms with Crippen LogP contribution in [0.5, 0.6) is 0 Å². The summed E-state index contributed by atoms with van der Waals surface area (Å²) in [5, 5.41) is 0. The number of nitrogens with two attached hydrogens (primary N) is 1. The molecule has 0 bridgehead atoms. The fourth-order valence-electron chi connectivity index (χ4n) is 2.34. The van der Waals surface area contributed by atoms with Gasteiger partial charge < -0.3 is 10.6 Å². The molecule has 19 heavy (non-hydrogen) atoms. The molecule has 1 aromatic rings. The molecule has 2 rings (SSSR count). The third-order valence-electron chi connectivity index (χ3n) is 3.46. The summed E-state index contributed by atoms with van der Waals surface area (Å²) in [6, 6.07) is 4.65. The Bertz CT molecular complexity index is 453. The smallest absolute Gasteiger partial charge is 0.227 e. The van der Waals surface area contributed by atoms with Gasteiger partial charge >= 0.3 is 0 Å². The molecule has 2 N–H and O–H groups in total. The van der Waals surface area contributed by atoms with Gasteiger partial charge in [-0.2, -0.15) is 0 Å². The maximum Gasteiger partial charge on any atom is 0.227 e. The van der Waals surface area contributed by atoms with Crippen LogP contribution in [0.25, 0.3) is 0 Å². The number of carbonyl (C=O) groups is 1. The lowest BCUT2D eigenvalue weighted by molar-refractivity contribution is -0.131. The van der Waals surface area contributed by atoms with Crippen molar-refractivity contribution < 1.29 is 9.18 Å². The number of piperidine rings is 1. The van der Waals surface area contributed by atoms with Gasteiger partial charge in [0.25, 0.3) is 0 Å². The van der Waals surface area contributed by atoms with E-state index in [0.29, 0.717) is 6.54 Å². The van der Waals surface area contributed by atoms with Gasteiger partial charge in [0, 0.05) is 19.1 Å². The van der Waals surface area contributed by atoms with Crippen molar-refractivity contribution >= 4 is 18.3 Å². The van der Waals surface area contributed by atoms with E-state index in [1.54, 1.807) is 11.0 Å². The van der Waals surface area contributed by atoms with Crippen molar-refractivity contribution in [1.29, 1.82) is 0 Å². The van der Waals surface area contributed by atoms with E-state index < -0.39 is 0 Å². The molecule has 1 aromatic carbocycles. The molecular weight excluding hydrogens is 267 g/mol. The Balaban J connectivity index is 0.00000180. The summed E-state index contributed by atoms with van der Waals surface area (Å²) in [5.41, 5.74) is 7.57.